The SMILES string of the molecule is CCC(=O)Nc1cccc(NC(=O)CCN2C(=O)C3CCCCC3C2=O)c1. The van der Waals surface area contributed by atoms with Crippen molar-refractivity contribution in [2.24, 2.45) is 11.8 Å². The molecule has 2 unspecified atom stereocenters. The van der Waals surface area contributed by atoms with E-state index in [0.29, 0.717) is 17.8 Å². The minimum Gasteiger partial charge on any atom is -0.326 e. The van der Waals surface area contributed by atoms with Crippen molar-refractivity contribution in [3.63, 3.8) is 0 Å². The maximum atomic E-state index is 12.4. The van der Waals surface area contributed by atoms with E-state index in [2.05, 4.69) is 10.6 Å². The van der Waals surface area contributed by atoms with E-state index in [0.717, 1.165) is 25.7 Å². The van der Waals surface area contributed by atoms with Crippen LogP contribution in [0.3, 0.4) is 0 Å². The normalized spacial score (nSPS) is 21.7. The summed E-state index contributed by atoms with van der Waals surface area (Å²) in [6.45, 7) is 1.88. The van der Waals surface area contributed by atoms with Gasteiger partial charge < -0.3 is 10.6 Å². The largest absolute Gasteiger partial charge is 0.326 e. The van der Waals surface area contributed by atoms with E-state index in [9.17, 15) is 19.2 Å². The molecule has 2 fully saturated rings. The molecule has 0 radical (unpaired) electrons. The Morgan fingerprint density at radius 3 is 2.11 bits per heavy atom. The van der Waals surface area contributed by atoms with Crippen molar-refractivity contribution in [3.8, 4) is 0 Å². The number of imide groups is 1. The van der Waals surface area contributed by atoms with Crippen LogP contribution in [0, 0.1) is 11.8 Å². The molecule has 1 aromatic rings. The number of rotatable bonds is 6. The average Bonchev–Trinajstić information content (AvgIpc) is 2.91. The molecule has 3 rings (SSSR count). The first-order valence-electron chi connectivity index (χ1n) is 9.54. The van der Waals surface area contributed by atoms with E-state index in [1.807, 2.05) is 0 Å². The summed E-state index contributed by atoms with van der Waals surface area (Å²) < 4.78 is 0. The van der Waals surface area contributed by atoms with Crippen LogP contribution in [-0.2, 0) is 19.2 Å². The first-order chi connectivity index (χ1) is 13.0. The summed E-state index contributed by atoms with van der Waals surface area (Å²) in [5.41, 5.74) is 1.16. The molecule has 27 heavy (non-hydrogen) atoms. The lowest BCUT2D eigenvalue weighted by atomic mass is 9.81. The van der Waals surface area contributed by atoms with Crippen LogP contribution in [0.1, 0.15) is 45.4 Å². The van der Waals surface area contributed by atoms with Crippen molar-refractivity contribution in [1.82, 2.24) is 4.90 Å². The molecule has 7 nitrogen and oxygen atoms in total. The smallest absolute Gasteiger partial charge is 0.233 e. The fourth-order valence-corrected chi connectivity index (χ4v) is 3.81. The number of carbonyl (C=O) groups is 4. The van der Waals surface area contributed by atoms with Gasteiger partial charge in [-0.15, -0.1) is 0 Å². The number of likely N-dealkylation sites (tertiary alicyclic amines) is 1. The third kappa shape index (κ3) is 4.35. The van der Waals surface area contributed by atoms with E-state index < -0.39 is 0 Å². The number of carbonyl (C=O) groups excluding carboxylic acids is 4. The van der Waals surface area contributed by atoms with Crippen LogP contribution in [0.2, 0.25) is 0 Å². The number of nitrogens with one attached hydrogen (secondary N) is 2. The predicted molar refractivity (Wildman–Crippen MR) is 101 cm³/mol. The van der Waals surface area contributed by atoms with Gasteiger partial charge in [-0.2, -0.15) is 0 Å². The third-order valence-corrected chi connectivity index (χ3v) is 5.25. The van der Waals surface area contributed by atoms with Gasteiger partial charge in [0, 0.05) is 30.8 Å². The van der Waals surface area contributed by atoms with E-state index in [4.69, 9.17) is 0 Å². The molecule has 1 aliphatic heterocycles. The maximum absolute atomic E-state index is 12.4. The zero-order valence-corrected chi connectivity index (χ0v) is 15.5. The Hall–Kier alpha value is -2.70. The van der Waals surface area contributed by atoms with Gasteiger partial charge in [0.15, 0.2) is 0 Å². The molecule has 0 bridgehead atoms. The van der Waals surface area contributed by atoms with Gasteiger partial charge in [-0.1, -0.05) is 25.8 Å². The highest BCUT2D eigenvalue weighted by Crippen LogP contribution is 2.37. The maximum Gasteiger partial charge on any atom is 0.233 e. The van der Waals surface area contributed by atoms with Gasteiger partial charge in [-0.3, -0.25) is 24.1 Å². The van der Waals surface area contributed by atoms with Crippen LogP contribution in [0.15, 0.2) is 24.3 Å². The van der Waals surface area contributed by atoms with Crippen LogP contribution in [-0.4, -0.2) is 35.1 Å². The van der Waals surface area contributed by atoms with Crippen LogP contribution in [0.4, 0.5) is 11.4 Å². The second-order valence-electron chi connectivity index (χ2n) is 7.11. The second kappa shape index (κ2) is 8.33. The van der Waals surface area contributed by atoms with Crippen molar-refractivity contribution in [2.45, 2.75) is 45.4 Å². The molecule has 2 aliphatic rings. The zero-order valence-electron chi connectivity index (χ0n) is 15.5. The fourth-order valence-electron chi connectivity index (χ4n) is 3.81. The molecule has 1 heterocycles. The molecular formula is C20H25N3O4. The highest BCUT2D eigenvalue weighted by Gasteiger charge is 2.47. The predicted octanol–water partition coefficient (Wildman–Crippen LogP) is 2.54. The van der Waals surface area contributed by atoms with Gasteiger partial charge in [-0.05, 0) is 31.0 Å². The molecule has 1 saturated heterocycles. The van der Waals surface area contributed by atoms with E-state index in [-0.39, 0.29) is 48.4 Å². The number of benzene rings is 1. The topological polar surface area (TPSA) is 95.6 Å². The number of hydrogen-bond acceptors (Lipinski definition) is 4. The summed E-state index contributed by atoms with van der Waals surface area (Å²) >= 11 is 0. The van der Waals surface area contributed by atoms with Crippen molar-refractivity contribution in [3.05, 3.63) is 24.3 Å². The van der Waals surface area contributed by atoms with Crippen molar-refractivity contribution < 1.29 is 19.2 Å². The third-order valence-electron chi connectivity index (χ3n) is 5.25. The second-order valence-corrected chi connectivity index (χ2v) is 7.11. The van der Waals surface area contributed by atoms with Crippen LogP contribution in [0.5, 0.6) is 0 Å². The molecule has 2 atom stereocenters. The minimum atomic E-state index is -0.274. The molecule has 2 N–H and O–H groups in total. The van der Waals surface area contributed by atoms with Crippen molar-refractivity contribution in [2.75, 3.05) is 17.2 Å². The lowest BCUT2D eigenvalue weighted by Gasteiger charge is -2.19. The molecule has 0 spiro atoms. The quantitative estimate of drug-likeness (QED) is 0.751. The van der Waals surface area contributed by atoms with Crippen LogP contribution < -0.4 is 10.6 Å². The van der Waals surface area contributed by atoms with Gasteiger partial charge >= 0.3 is 0 Å². The van der Waals surface area contributed by atoms with Crippen molar-refractivity contribution >= 4 is 35.0 Å². The number of nitrogens with zero attached hydrogens (tertiary/aromatic N) is 1. The summed E-state index contributed by atoms with van der Waals surface area (Å²) in [5, 5.41) is 5.48. The Labute approximate surface area is 158 Å². The molecule has 1 aliphatic carbocycles. The highest BCUT2D eigenvalue weighted by atomic mass is 16.2. The lowest BCUT2D eigenvalue weighted by molar-refractivity contribution is -0.140. The number of anilines is 2. The number of amides is 4. The Balaban J connectivity index is 1.54. The van der Waals surface area contributed by atoms with Crippen molar-refractivity contribution in [1.29, 1.82) is 0 Å². The van der Waals surface area contributed by atoms with Gasteiger partial charge in [0.25, 0.3) is 0 Å². The van der Waals surface area contributed by atoms with Crippen LogP contribution >= 0.6 is 0 Å². The van der Waals surface area contributed by atoms with Gasteiger partial charge in [0.2, 0.25) is 23.6 Å². The van der Waals surface area contributed by atoms with Gasteiger partial charge in [0.05, 0.1) is 11.8 Å². The molecule has 4 amide bonds. The Morgan fingerprint density at radius 1 is 1.00 bits per heavy atom. The summed E-state index contributed by atoms with van der Waals surface area (Å²) in [6, 6.07) is 6.87. The van der Waals surface area contributed by atoms with Crippen LogP contribution in [0.25, 0.3) is 0 Å². The molecule has 1 aromatic carbocycles. The van der Waals surface area contributed by atoms with E-state index in [1.165, 1.54) is 4.90 Å². The number of hydrogen-bond donors (Lipinski definition) is 2. The molecule has 144 valence electrons. The Morgan fingerprint density at radius 2 is 1.56 bits per heavy atom. The standard InChI is InChI=1S/C20H25N3O4/c1-2-17(24)21-13-6-5-7-14(12-13)22-18(25)10-11-23-19(26)15-8-3-4-9-16(15)20(23)27/h5-7,12,15-16H,2-4,8-11H2,1H3,(H,21,24)(H,22,25). The van der Waals surface area contributed by atoms with E-state index >= 15 is 0 Å². The molecule has 1 saturated carbocycles. The van der Waals surface area contributed by atoms with Gasteiger partial charge in [-0.25, -0.2) is 0 Å². The summed E-state index contributed by atoms with van der Waals surface area (Å²) in [5.74, 6) is -1.000. The molecule has 0 aromatic heterocycles. The number of fused-ring (bicyclic) bond motifs is 1. The Kier molecular flexibility index (Phi) is 5.88. The summed E-state index contributed by atoms with van der Waals surface area (Å²) in [4.78, 5) is 49.8. The monoisotopic (exact) mass is 371 g/mol. The Bertz CT molecular complexity index is 737. The fraction of sp³-hybridized carbons (Fsp3) is 0.500. The van der Waals surface area contributed by atoms with Gasteiger partial charge in [0.1, 0.15) is 0 Å². The summed E-state index contributed by atoms with van der Waals surface area (Å²) in [7, 11) is 0. The summed E-state index contributed by atoms with van der Waals surface area (Å²) in [6.07, 6.45) is 3.94. The molecular weight excluding hydrogens is 346 g/mol. The van der Waals surface area contributed by atoms with E-state index in [1.54, 1.807) is 31.2 Å². The highest BCUT2D eigenvalue weighted by molar-refractivity contribution is 6.05. The molecule has 7 heteroatoms. The average molecular weight is 371 g/mol. The first kappa shape index (κ1) is 19.1. The zero-order chi connectivity index (χ0) is 19.4. The lowest BCUT2D eigenvalue weighted by Crippen LogP contribution is -2.34. The minimum absolute atomic E-state index is 0.0580. The first-order valence-corrected chi connectivity index (χ1v) is 9.54.